The van der Waals surface area contributed by atoms with Gasteiger partial charge in [0.15, 0.2) is 0 Å². The van der Waals surface area contributed by atoms with Crippen LogP contribution in [-0.2, 0) is 9.53 Å². The first-order chi connectivity index (χ1) is 13.0. The summed E-state index contributed by atoms with van der Waals surface area (Å²) in [5.74, 6) is -0.0416. The van der Waals surface area contributed by atoms with Crippen LogP contribution in [0.15, 0.2) is 54.6 Å². The number of rotatable bonds is 8. The minimum Gasteiger partial charge on any atom is -0.356 e. The molecule has 2 aromatic rings. The summed E-state index contributed by atoms with van der Waals surface area (Å²) in [6, 6.07) is 20.8. The Morgan fingerprint density at radius 3 is 2.22 bits per heavy atom. The van der Waals surface area contributed by atoms with Gasteiger partial charge in [0.05, 0.1) is 17.7 Å². The molecule has 2 aromatic carbocycles. The van der Waals surface area contributed by atoms with Crippen molar-refractivity contribution in [1.29, 1.82) is 10.5 Å². The van der Waals surface area contributed by atoms with Gasteiger partial charge < -0.3 is 10.1 Å². The number of carbonyl (C=O) groups is 1. The summed E-state index contributed by atoms with van der Waals surface area (Å²) in [4.78, 5) is 12.5. The molecule has 0 radical (unpaired) electrons. The average molecular weight is 361 g/mol. The Hall–Kier alpha value is -3.15. The fraction of sp³-hybridized carbons (Fsp3) is 0.318. The van der Waals surface area contributed by atoms with Gasteiger partial charge in [-0.1, -0.05) is 56.3 Å². The van der Waals surface area contributed by atoms with Gasteiger partial charge in [0, 0.05) is 0 Å². The Kier molecular flexibility index (Phi) is 7.55. The molecule has 2 atom stereocenters. The third-order valence-corrected chi connectivity index (χ3v) is 4.06. The normalized spacial score (nSPS) is 12.6. The molecule has 0 aromatic heterocycles. The Morgan fingerprint density at radius 2 is 1.67 bits per heavy atom. The van der Waals surface area contributed by atoms with Crippen molar-refractivity contribution >= 4 is 5.91 Å². The van der Waals surface area contributed by atoms with Crippen LogP contribution < -0.4 is 5.32 Å². The molecule has 0 aliphatic rings. The first kappa shape index (κ1) is 20.2. The van der Waals surface area contributed by atoms with Crippen LogP contribution >= 0.6 is 0 Å². The summed E-state index contributed by atoms with van der Waals surface area (Å²) in [6.45, 7) is 3.99. The first-order valence-electron chi connectivity index (χ1n) is 8.90. The highest BCUT2D eigenvalue weighted by Crippen LogP contribution is 2.29. The number of hydrogen-bond donors (Lipinski definition) is 1. The summed E-state index contributed by atoms with van der Waals surface area (Å²) < 4.78 is 6.26. The zero-order valence-corrected chi connectivity index (χ0v) is 15.6. The van der Waals surface area contributed by atoms with E-state index in [1.165, 1.54) is 0 Å². The van der Waals surface area contributed by atoms with Crippen molar-refractivity contribution in [3.8, 4) is 12.1 Å². The third kappa shape index (κ3) is 5.95. The number of nitriles is 2. The number of carbonyl (C=O) groups excluding carboxylic acids is 1. The molecule has 5 nitrogen and oxygen atoms in total. The summed E-state index contributed by atoms with van der Waals surface area (Å²) in [6.07, 6.45) is -0.591. The van der Waals surface area contributed by atoms with Gasteiger partial charge in [-0.05, 0) is 35.6 Å². The van der Waals surface area contributed by atoms with Gasteiger partial charge in [-0.2, -0.15) is 10.5 Å². The number of amides is 1. The van der Waals surface area contributed by atoms with Gasteiger partial charge in [0.2, 0.25) is 5.91 Å². The average Bonchev–Trinajstić information content (AvgIpc) is 2.69. The van der Waals surface area contributed by atoms with Crippen LogP contribution in [0.1, 0.15) is 43.1 Å². The number of hydrogen-bond acceptors (Lipinski definition) is 4. The van der Waals surface area contributed by atoms with Crippen LogP contribution in [0, 0.1) is 28.6 Å². The van der Waals surface area contributed by atoms with Gasteiger partial charge in [-0.25, -0.2) is 0 Å². The smallest absolute Gasteiger partial charge is 0.250 e. The first-order valence-corrected chi connectivity index (χ1v) is 8.90. The van der Waals surface area contributed by atoms with E-state index in [1.54, 1.807) is 12.1 Å². The molecule has 1 N–H and O–H groups in total. The van der Waals surface area contributed by atoms with Crippen LogP contribution in [0.25, 0.3) is 0 Å². The van der Waals surface area contributed by atoms with E-state index in [0.717, 1.165) is 11.1 Å². The Morgan fingerprint density at radius 1 is 1.04 bits per heavy atom. The number of ether oxygens (including phenoxy) is 1. The van der Waals surface area contributed by atoms with Crippen molar-refractivity contribution in [2.45, 2.75) is 32.5 Å². The Labute approximate surface area is 160 Å². The van der Waals surface area contributed by atoms with Crippen LogP contribution in [0.5, 0.6) is 0 Å². The van der Waals surface area contributed by atoms with Crippen molar-refractivity contribution in [2.75, 3.05) is 6.54 Å². The van der Waals surface area contributed by atoms with Crippen molar-refractivity contribution in [3.05, 3.63) is 71.3 Å². The fourth-order valence-electron chi connectivity index (χ4n) is 2.77. The van der Waals surface area contributed by atoms with Gasteiger partial charge in [-0.3, -0.25) is 4.79 Å². The second kappa shape index (κ2) is 10.1. The maximum Gasteiger partial charge on any atom is 0.250 e. The predicted octanol–water partition coefficient (Wildman–Crippen LogP) is 3.72. The summed E-state index contributed by atoms with van der Waals surface area (Å²) in [5, 5.41) is 20.4. The van der Waals surface area contributed by atoms with E-state index in [4.69, 9.17) is 15.3 Å². The molecular formula is C22H23N3O2. The van der Waals surface area contributed by atoms with E-state index in [0.29, 0.717) is 12.0 Å². The maximum atomic E-state index is 12.5. The van der Waals surface area contributed by atoms with Crippen molar-refractivity contribution < 1.29 is 9.53 Å². The predicted molar refractivity (Wildman–Crippen MR) is 102 cm³/mol. The molecule has 5 heteroatoms. The van der Waals surface area contributed by atoms with E-state index in [9.17, 15) is 4.79 Å². The standard InChI is InChI=1S/C22H23N3O2/c1-16(2)14-20(22(26)25-13-12-23)27-21(18-6-4-3-5-7-18)19-10-8-17(15-24)9-11-19/h3-11,16,20-21H,13-14H2,1-2H3,(H,25,26)/t20-,21?/m0/s1. The highest BCUT2D eigenvalue weighted by atomic mass is 16.5. The topological polar surface area (TPSA) is 85.9 Å². The van der Waals surface area contributed by atoms with Crippen LogP contribution in [0.2, 0.25) is 0 Å². The quantitative estimate of drug-likeness (QED) is 0.726. The number of benzene rings is 2. The summed E-state index contributed by atoms with van der Waals surface area (Å²) in [5.41, 5.74) is 2.35. The van der Waals surface area contributed by atoms with E-state index in [2.05, 4.69) is 11.4 Å². The third-order valence-electron chi connectivity index (χ3n) is 4.06. The molecular weight excluding hydrogens is 338 g/mol. The summed E-state index contributed by atoms with van der Waals surface area (Å²) in [7, 11) is 0. The van der Waals surface area contributed by atoms with Gasteiger partial charge in [0.1, 0.15) is 18.8 Å². The molecule has 27 heavy (non-hydrogen) atoms. The minimum absolute atomic E-state index is 0.0519. The lowest BCUT2D eigenvalue weighted by Crippen LogP contribution is -2.38. The molecule has 0 saturated carbocycles. The lowest BCUT2D eigenvalue weighted by molar-refractivity contribution is -0.136. The Bertz CT molecular complexity index is 817. The van der Waals surface area contributed by atoms with E-state index in [-0.39, 0.29) is 18.4 Å². The van der Waals surface area contributed by atoms with Crippen molar-refractivity contribution in [3.63, 3.8) is 0 Å². The second-order valence-electron chi connectivity index (χ2n) is 6.65. The van der Waals surface area contributed by atoms with Gasteiger partial charge in [0.25, 0.3) is 0 Å². The monoisotopic (exact) mass is 361 g/mol. The lowest BCUT2D eigenvalue weighted by Gasteiger charge is -2.26. The molecule has 0 spiro atoms. The molecule has 0 fully saturated rings. The molecule has 0 saturated heterocycles. The second-order valence-corrected chi connectivity index (χ2v) is 6.65. The Balaban J connectivity index is 2.34. The zero-order valence-electron chi connectivity index (χ0n) is 15.6. The number of nitrogens with zero attached hydrogens (tertiary/aromatic N) is 2. The fourth-order valence-corrected chi connectivity index (χ4v) is 2.77. The van der Waals surface area contributed by atoms with Crippen molar-refractivity contribution in [2.24, 2.45) is 5.92 Å². The van der Waals surface area contributed by atoms with E-state index in [1.807, 2.05) is 62.4 Å². The van der Waals surface area contributed by atoms with Crippen LogP contribution in [-0.4, -0.2) is 18.6 Å². The van der Waals surface area contributed by atoms with Crippen LogP contribution in [0.4, 0.5) is 0 Å². The largest absolute Gasteiger partial charge is 0.356 e. The van der Waals surface area contributed by atoms with E-state index >= 15 is 0 Å². The molecule has 0 heterocycles. The molecule has 138 valence electrons. The summed E-state index contributed by atoms with van der Waals surface area (Å²) >= 11 is 0. The van der Waals surface area contributed by atoms with Crippen LogP contribution in [0.3, 0.4) is 0 Å². The molecule has 0 aliphatic carbocycles. The highest BCUT2D eigenvalue weighted by molar-refractivity contribution is 5.81. The zero-order chi connectivity index (χ0) is 19.6. The van der Waals surface area contributed by atoms with Gasteiger partial charge in [-0.15, -0.1) is 0 Å². The molecule has 1 amide bonds. The molecule has 2 rings (SSSR count). The maximum absolute atomic E-state index is 12.5. The SMILES string of the molecule is CC(C)C[C@H](OC(c1ccccc1)c1ccc(C#N)cc1)C(=O)NCC#N. The lowest BCUT2D eigenvalue weighted by atomic mass is 9.99. The minimum atomic E-state index is -0.681. The molecule has 0 bridgehead atoms. The number of nitrogens with one attached hydrogen (secondary N) is 1. The van der Waals surface area contributed by atoms with Crippen molar-refractivity contribution in [1.82, 2.24) is 5.32 Å². The van der Waals surface area contributed by atoms with E-state index < -0.39 is 12.2 Å². The van der Waals surface area contributed by atoms with Gasteiger partial charge >= 0.3 is 0 Å². The molecule has 1 unspecified atom stereocenters. The highest BCUT2D eigenvalue weighted by Gasteiger charge is 2.26. The molecule has 0 aliphatic heterocycles.